The molecule has 1 heterocycles. The summed E-state index contributed by atoms with van der Waals surface area (Å²) >= 11 is 0. The fourth-order valence-corrected chi connectivity index (χ4v) is 3.31. The third-order valence-corrected chi connectivity index (χ3v) is 4.41. The number of hydrogen-bond donors (Lipinski definition) is 0. The molecule has 1 aliphatic heterocycles. The Morgan fingerprint density at radius 3 is 2.65 bits per heavy atom. The van der Waals surface area contributed by atoms with Gasteiger partial charge in [-0.1, -0.05) is 24.3 Å². The lowest BCUT2D eigenvalue weighted by atomic mass is 9.92. The molecule has 1 amide bonds. The van der Waals surface area contributed by atoms with Crippen LogP contribution in [0, 0.1) is 11.7 Å². The summed E-state index contributed by atoms with van der Waals surface area (Å²) in [5.41, 5.74) is 1.06. The maximum atomic E-state index is 13.0. The third-order valence-electron chi connectivity index (χ3n) is 4.41. The summed E-state index contributed by atoms with van der Waals surface area (Å²) in [6, 6.07) is 6.73. The molecule has 1 aliphatic carbocycles. The van der Waals surface area contributed by atoms with Crippen LogP contribution in [0.5, 0.6) is 0 Å². The Labute approximate surface area is 119 Å². The molecule has 3 heteroatoms. The van der Waals surface area contributed by atoms with Crippen LogP contribution in [0.2, 0.25) is 0 Å². The number of amides is 1. The van der Waals surface area contributed by atoms with E-state index in [9.17, 15) is 9.18 Å². The Balaban J connectivity index is 1.76. The van der Waals surface area contributed by atoms with E-state index >= 15 is 0 Å². The second-order valence-electron chi connectivity index (χ2n) is 5.72. The maximum Gasteiger partial charge on any atom is 0.226 e. The molecule has 1 fully saturated rings. The van der Waals surface area contributed by atoms with Gasteiger partial charge in [0.15, 0.2) is 0 Å². The first-order valence-corrected chi connectivity index (χ1v) is 7.46. The Morgan fingerprint density at radius 1 is 1.15 bits per heavy atom. The molecule has 2 nitrogen and oxygen atoms in total. The van der Waals surface area contributed by atoms with Crippen molar-refractivity contribution in [2.75, 3.05) is 6.54 Å². The predicted molar refractivity (Wildman–Crippen MR) is 76.6 cm³/mol. The second-order valence-corrected chi connectivity index (χ2v) is 5.72. The standard InChI is InChI=1S/C17H20FNO/c18-15-10-8-13(9-11-15)16-7-4-12-19(16)17(20)14-5-2-1-3-6-14/h1-2,8-11,14,16H,3-7,12H2. The fourth-order valence-electron chi connectivity index (χ4n) is 3.31. The molecule has 0 spiro atoms. The molecule has 0 radical (unpaired) electrons. The van der Waals surface area contributed by atoms with Gasteiger partial charge in [0, 0.05) is 12.5 Å². The van der Waals surface area contributed by atoms with Gasteiger partial charge in [-0.2, -0.15) is 0 Å². The molecule has 1 aromatic carbocycles. The van der Waals surface area contributed by atoms with E-state index in [1.54, 1.807) is 0 Å². The highest BCUT2D eigenvalue weighted by Crippen LogP contribution is 2.34. The number of nitrogens with zero attached hydrogens (tertiary/aromatic N) is 1. The van der Waals surface area contributed by atoms with E-state index in [-0.39, 0.29) is 23.7 Å². The lowest BCUT2D eigenvalue weighted by Crippen LogP contribution is -2.36. The first-order chi connectivity index (χ1) is 9.75. The summed E-state index contributed by atoms with van der Waals surface area (Å²) in [6.45, 7) is 0.834. The van der Waals surface area contributed by atoms with Gasteiger partial charge in [0.2, 0.25) is 5.91 Å². The number of likely N-dealkylation sites (tertiary alicyclic amines) is 1. The average Bonchev–Trinajstić information content (AvgIpc) is 2.97. The lowest BCUT2D eigenvalue weighted by molar-refractivity contribution is -0.136. The maximum absolute atomic E-state index is 13.0. The van der Waals surface area contributed by atoms with Crippen molar-refractivity contribution in [3.8, 4) is 0 Å². The number of halogens is 1. The molecule has 0 bridgehead atoms. The highest BCUT2D eigenvalue weighted by molar-refractivity contribution is 5.80. The number of hydrogen-bond acceptors (Lipinski definition) is 1. The van der Waals surface area contributed by atoms with Crippen molar-refractivity contribution < 1.29 is 9.18 Å². The third kappa shape index (κ3) is 2.62. The lowest BCUT2D eigenvalue weighted by Gasteiger charge is -2.29. The molecule has 2 unspecified atom stereocenters. The monoisotopic (exact) mass is 273 g/mol. The Bertz CT molecular complexity index is 508. The van der Waals surface area contributed by atoms with Gasteiger partial charge in [0.05, 0.1) is 6.04 Å². The van der Waals surface area contributed by atoms with Crippen LogP contribution < -0.4 is 0 Å². The van der Waals surface area contributed by atoms with Gasteiger partial charge < -0.3 is 4.90 Å². The minimum absolute atomic E-state index is 0.133. The van der Waals surface area contributed by atoms with Gasteiger partial charge in [0.25, 0.3) is 0 Å². The van der Waals surface area contributed by atoms with Crippen molar-refractivity contribution in [2.24, 2.45) is 5.92 Å². The van der Waals surface area contributed by atoms with Crippen LogP contribution in [0.3, 0.4) is 0 Å². The summed E-state index contributed by atoms with van der Waals surface area (Å²) in [4.78, 5) is 14.7. The van der Waals surface area contributed by atoms with Crippen molar-refractivity contribution in [3.05, 3.63) is 47.8 Å². The summed E-state index contributed by atoms with van der Waals surface area (Å²) < 4.78 is 13.0. The number of carbonyl (C=O) groups is 1. The molecule has 1 saturated heterocycles. The zero-order valence-electron chi connectivity index (χ0n) is 11.6. The molecule has 106 valence electrons. The molecule has 0 N–H and O–H groups in total. The Kier molecular flexibility index (Phi) is 3.86. The van der Waals surface area contributed by atoms with E-state index in [1.165, 1.54) is 12.1 Å². The van der Waals surface area contributed by atoms with Crippen LogP contribution in [-0.4, -0.2) is 17.4 Å². The quantitative estimate of drug-likeness (QED) is 0.750. The van der Waals surface area contributed by atoms with E-state index in [1.807, 2.05) is 17.0 Å². The predicted octanol–water partition coefficient (Wildman–Crippen LogP) is 3.85. The van der Waals surface area contributed by atoms with Crippen LogP contribution in [0.4, 0.5) is 4.39 Å². The molecule has 20 heavy (non-hydrogen) atoms. The van der Waals surface area contributed by atoms with Gasteiger partial charge in [-0.05, 0) is 49.8 Å². The molecule has 1 aromatic rings. The summed E-state index contributed by atoms with van der Waals surface area (Å²) in [5.74, 6) is 0.198. The number of allylic oxidation sites excluding steroid dienone is 2. The van der Waals surface area contributed by atoms with Gasteiger partial charge >= 0.3 is 0 Å². The molecule has 0 aromatic heterocycles. The van der Waals surface area contributed by atoms with Crippen LogP contribution in [0.1, 0.15) is 43.7 Å². The van der Waals surface area contributed by atoms with Crippen LogP contribution >= 0.6 is 0 Å². The largest absolute Gasteiger partial charge is 0.335 e. The zero-order chi connectivity index (χ0) is 13.9. The van der Waals surface area contributed by atoms with E-state index in [0.29, 0.717) is 0 Å². The van der Waals surface area contributed by atoms with Crippen LogP contribution in [-0.2, 0) is 4.79 Å². The van der Waals surface area contributed by atoms with E-state index in [2.05, 4.69) is 12.2 Å². The second kappa shape index (κ2) is 5.78. The molecular formula is C17H20FNO. The van der Waals surface area contributed by atoms with Crippen molar-refractivity contribution in [1.29, 1.82) is 0 Å². The van der Waals surface area contributed by atoms with Gasteiger partial charge in [-0.15, -0.1) is 0 Å². The normalized spacial score (nSPS) is 25.9. The van der Waals surface area contributed by atoms with Crippen molar-refractivity contribution in [1.82, 2.24) is 4.90 Å². The topological polar surface area (TPSA) is 20.3 Å². The molecule has 3 rings (SSSR count). The fraction of sp³-hybridized carbons (Fsp3) is 0.471. The Hall–Kier alpha value is -1.64. The van der Waals surface area contributed by atoms with Crippen molar-refractivity contribution in [2.45, 2.75) is 38.1 Å². The van der Waals surface area contributed by atoms with Gasteiger partial charge in [0.1, 0.15) is 5.82 Å². The summed E-state index contributed by atoms with van der Waals surface area (Å²) in [7, 11) is 0. The average molecular weight is 273 g/mol. The summed E-state index contributed by atoms with van der Waals surface area (Å²) in [6.07, 6.45) is 9.13. The highest BCUT2D eigenvalue weighted by atomic mass is 19.1. The van der Waals surface area contributed by atoms with Crippen molar-refractivity contribution >= 4 is 5.91 Å². The first-order valence-electron chi connectivity index (χ1n) is 7.46. The van der Waals surface area contributed by atoms with E-state index in [4.69, 9.17) is 0 Å². The zero-order valence-corrected chi connectivity index (χ0v) is 11.6. The number of benzene rings is 1. The number of rotatable bonds is 2. The molecule has 2 aliphatic rings. The summed E-state index contributed by atoms with van der Waals surface area (Å²) in [5, 5.41) is 0. The minimum Gasteiger partial charge on any atom is -0.335 e. The highest BCUT2D eigenvalue weighted by Gasteiger charge is 2.33. The molecule has 0 saturated carbocycles. The SMILES string of the molecule is O=C(C1CC=CCC1)N1CCCC1c1ccc(F)cc1. The molecular weight excluding hydrogens is 253 g/mol. The smallest absolute Gasteiger partial charge is 0.226 e. The van der Waals surface area contributed by atoms with Gasteiger partial charge in [-0.3, -0.25) is 4.79 Å². The van der Waals surface area contributed by atoms with E-state index in [0.717, 1.165) is 44.2 Å². The van der Waals surface area contributed by atoms with Crippen LogP contribution in [0.15, 0.2) is 36.4 Å². The number of carbonyl (C=O) groups excluding carboxylic acids is 1. The van der Waals surface area contributed by atoms with Crippen LogP contribution in [0.25, 0.3) is 0 Å². The van der Waals surface area contributed by atoms with Crippen molar-refractivity contribution in [3.63, 3.8) is 0 Å². The Morgan fingerprint density at radius 2 is 1.95 bits per heavy atom. The van der Waals surface area contributed by atoms with Gasteiger partial charge in [-0.25, -0.2) is 4.39 Å². The van der Waals surface area contributed by atoms with E-state index < -0.39 is 0 Å². The molecule has 2 atom stereocenters. The minimum atomic E-state index is -0.220. The first kappa shape index (κ1) is 13.3.